The first-order chi connectivity index (χ1) is 10.5. The molecule has 1 aromatic rings. The molecule has 0 radical (unpaired) electrons. The van der Waals surface area contributed by atoms with Crippen LogP contribution in [0, 0.1) is 34.5 Å². The zero-order chi connectivity index (χ0) is 16.3. The molecule has 1 saturated carbocycles. The van der Waals surface area contributed by atoms with Gasteiger partial charge in [-0.25, -0.2) is 0 Å². The first-order valence-electron chi connectivity index (χ1n) is 8.41. The van der Waals surface area contributed by atoms with Crippen molar-refractivity contribution in [3.05, 3.63) is 18.0 Å². The van der Waals surface area contributed by atoms with Crippen LogP contribution in [-0.4, -0.2) is 15.6 Å². The minimum atomic E-state index is 0.0950. The lowest BCUT2D eigenvalue weighted by Gasteiger charge is -2.38. The van der Waals surface area contributed by atoms with Gasteiger partial charge < -0.3 is 0 Å². The second kappa shape index (κ2) is 6.64. The van der Waals surface area contributed by atoms with Crippen molar-refractivity contribution in [2.75, 3.05) is 0 Å². The number of Topliss-reactive ketones (excluding diaryl/α,β-unsaturated/α-hetero) is 1. The number of carbonyl (C=O) groups is 1. The van der Waals surface area contributed by atoms with Crippen LogP contribution in [0.3, 0.4) is 0 Å². The average molecular weight is 301 g/mol. The Morgan fingerprint density at radius 3 is 2.82 bits per heavy atom. The van der Waals surface area contributed by atoms with Crippen LogP contribution in [0.5, 0.6) is 0 Å². The van der Waals surface area contributed by atoms with Gasteiger partial charge in [-0.2, -0.15) is 10.4 Å². The predicted molar refractivity (Wildman–Crippen MR) is 86.0 cm³/mol. The van der Waals surface area contributed by atoms with E-state index < -0.39 is 0 Å². The summed E-state index contributed by atoms with van der Waals surface area (Å²) >= 11 is 0. The van der Waals surface area contributed by atoms with Gasteiger partial charge in [0.1, 0.15) is 6.07 Å². The number of ketones is 1. The lowest BCUT2D eigenvalue weighted by Crippen LogP contribution is -2.37. The molecule has 0 amide bonds. The van der Waals surface area contributed by atoms with Gasteiger partial charge in [-0.3, -0.25) is 9.48 Å². The highest BCUT2D eigenvalue weighted by molar-refractivity contribution is 5.82. The van der Waals surface area contributed by atoms with Crippen LogP contribution in [0.2, 0.25) is 0 Å². The monoisotopic (exact) mass is 301 g/mol. The third-order valence-electron chi connectivity index (χ3n) is 5.97. The molecule has 0 N–H and O–H groups in total. The molecule has 1 heterocycles. The van der Waals surface area contributed by atoms with Gasteiger partial charge in [0.25, 0.3) is 0 Å². The summed E-state index contributed by atoms with van der Waals surface area (Å²) in [4.78, 5) is 12.8. The molecule has 0 aliphatic heterocycles. The number of hydrogen-bond acceptors (Lipinski definition) is 3. The van der Waals surface area contributed by atoms with Crippen molar-refractivity contribution >= 4 is 5.78 Å². The Kier molecular flexibility index (Phi) is 5.05. The Labute approximate surface area is 133 Å². The van der Waals surface area contributed by atoms with Gasteiger partial charge in [-0.05, 0) is 36.5 Å². The van der Waals surface area contributed by atoms with Crippen LogP contribution in [0.25, 0.3) is 0 Å². The molecule has 4 atom stereocenters. The van der Waals surface area contributed by atoms with Crippen molar-refractivity contribution in [2.45, 2.75) is 59.9 Å². The van der Waals surface area contributed by atoms with Crippen LogP contribution in [0.1, 0.15) is 58.9 Å². The van der Waals surface area contributed by atoms with Gasteiger partial charge in [0.15, 0.2) is 5.78 Å². The molecule has 0 spiro atoms. The molecule has 22 heavy (non-hydrogen) atoms. The minimum absolute atomic E-state index is 0.0950. The Balaban J connectivity index is 2.13. The van der Waals surface area contributed by atoms with Crippen molar-refractivity contribution in [3.63, 3.8) is 0 Å². The number of nitriles is 1. The van der Waals surface area contributed by atoms with E-state index in [4.69, 9.17) is 5.26 Å². The molecule has 4 nitrogen and oxygen atoms in total. The van der Waals surface area contributed by atoms with Gasteiger partial charge in [0.2, 0.25) is 0 Å². The third-order valence-corrected chi connectivity index (χ3v) is 5.97. The van der Waals surface area contributed by atoms with Crippen molar-refractivity contribution in [1.29, 1.82) is 5.26 Å². The molecule has 120 valence electrons. The van der Waals surface area contributed by atoms with E-state index in [1.807, 2.05) is 0 Å². The maximum Gasteiger partial charge on any atom is 0.157 e. The van der Waals surface area contributed by atoms with Crippen molar-refractivity contribution in [2.24, 2.45) is 23.2 Å². The molecular weight excluding hydrogens is 274 g/mol. The molecular formula is C18H27N3O. The first kappa shape index (κ1) is 16.7. The van der Waals surface area contributed by atoms with E-state index in [9.17, 15) is 4.79 Å². The normalized spacial score (nSPS) is 29.2. The smallest absolute Gasteiger partial charge is 0.157 e. The van der Waals surface area contributed by atoms with Crippen LogP contribution in [0.15, 0.2) is 12.4 Å². The van der Waals surface area contributed by atoms with Gasteiger partial charge in [-0.1, -0.05) is 34.1 Å². The summed E-state index contributed by atoms with van der Waals surface area (Å²) in [6.07, 6.45) is 7.53. The second-order valence-corrected chi connectivity index (χ2v) is 6.99. The Bertz CT molecular complexity index is 571. The van der Waals surface area contributed by atoms with Crippen LogP contribution in [-0.2, 0) is 11.3 Å². The molecule has 1 fully saturated rings. The summed E-state index contributed by atoms with van der Waals surface area (Å²) in [7, 11) is 0. The van der Waals surface area contributed by atoms with Crippen molar-refractivity contribution in [1.82, 2.24) is 9.78 Å². The van der Waals surface area contributed by atoms with E-state index in [-0.39, 0.29) is 23.7 Å². The van der Waals surface area contributed by atoms with E-state index in [1.165, 1.54) is 12.6 Å². The molecule has 1 aliphatic rings. The standard InChI is InChI=1S/C18H27N3O/c1-5-13(3)15-7-8-16(18(15,4)6-2)17(22)12-21-11-14(9-19)10-20-21/h10-11,13,15-16H,5-8,12H2,1-4H3. The molecule has 0 aromatic carbocycles. The molecule has 0 saturated heterocycles. The van der Waals surface area contributed by atoms with E-state index in [0.29, 0.717) is 17.4 Å². The highest BCUT2D eigenvalue weighted by atomic mass is 16.1. The van der Waals surface area contributed by atoms with Crippen molar-refractivity contribution < 1.29 is 4.79 Å². The van der Waals surface area contributed by atoms with Crippen LogP contribution in [0.4, 0.5) is 0 Å². The second-order valence-electron chi connectivity index (χ2n) is 6.99. The highest BCUT2D eigenvalue weighted by Gasteiger charge is 2.49. The molecule has 1 aromatic heterocycles. The lowest BCUT2D eigenvalue weighted by atomic mass is 9.66. The first-order valence-corrected chi connectivity index (χ1v) is 8.41. The van der Waals surface area contributed by atoms with E-state index >= 15 is 0 Å². The van der Waals surface area contributed by atoms with Gasteiger partial charge in [0.05, 0.1) is 18.3 Å². The lowest BCUT2D eigenvalue weighted by molar-refractivity contribution is -0.127. The summed E-state index contributed by atoms with van der Waals surface area (Å²) in [6.45, 7) is 9.35. The molecule has 4 heteroatoms. The summed E-state index contributed by atoms with van der Waals surface area (Å²) < 4.78 is 1.60. The summed E-state index contributed by atoms with van der Waals surface area (Å²) in [6, 6.07) is 2.05. The van der Waals surface area contributed by atoms with E-state index in [0.717, 1.165) is 19.3 Å². The largest absolute Gasteiger partial charge is 0.297 e. The quantitative estimate of drug-likeness (QED) is 0.802. The number of carbonyl (C=O) groups excluding carboxylic acids is 1. The van der Waals surface area contributed by atoms with E-state index in [1.54, 1.807) is 10.9 Å². The third kappa shape index (κ3) is 2.95. The van der Waals surface area contributed by atoms with Gasteiger partial charge in [0, 0.05) is 12.1 Å². The fraction of sp³-hybridized carbons (Fsp3) is 0.722. The average Bonchev–Trinajstić information content (AvgIpc) is 3.11. The summed E-state index contributed by atoms with van der Waals surface area (Å²) in [5, 5.41) is 13.0. The summed E-state index contributed by atoms with van der Waals surface area (Å²) in [5.74, 6) is 1.68. The van der Waals surface area contributed by atoms with E-state index in [2.05, 4.69) is 38.9 Å². The van der Waals surface area contributed by atoms with Crippen LogP contribution < -0.4 is 0 Å². The number of nitrogens with zero attached hydrogens (tertiary/aromatic N) is 3. The zero-order valence-corrected chi connectivity index (χ0v) is 14.2. The molecule has 4 unspecified atom stereocenters. The predicted octanol–water partition coefficient (Wildman–Crippen LogP) is 3.81. The van der Waals surface area contributed by atoms with Crippen LogP contribution >= 0.6 is 0 Å². The Morgan fingerprint density at radius 2 is 2.27 bits per heavy atom. The number of rotatable bonds is 6. The molecule has 1 aliphatic carbocycles. The van der Waals surface area contributed by atoms with Crippen molar-refractivity contribution in [3.8, 4) is 6.07 Å². The number of aromatic nitrogens is 2. The SMILES string of the molecule is CCC(C)C1CCC(C(=O)Cn2cc(C#N)cn2)C1(C)CC. The zero-order valence-electron chi connectivity index (χ0n) is 14.2. The minimum Gasteiger partial charge on any atom is -0.297 e. The number of hydrogen-bond donors (Lipinski definition) is 0. The maximum absolute atomic E-state index is 12.8. The summed E-state index contributed by atoms with van der Waals surface area (Å²) in [5.41, 5.74) is 0.604. The Hall–Kier alpha value is -1.63. The fourth-order valence-corrected chi connectivity index (χ4v) is 4.30. The fourth-order valence-electron chi connectivity index (χ4n) is 4.30. The topological polar surface area (TPSA) is 58.7 Å². The molecule has 0 bridgehead atoms. The Morgan fingerprint density at radius 1 is 1.55 bits per heavy atom. The highest BCUT2D eigenvalue weighted by Crippen LogP contribution is 2.53. The van der Waals surface area contributed by atoms with Gasteiger partial charge >= 0.3 is 0 Å². The maximum atomic E-state index is 12.8. The molecule has 2 rings (SSSR count). The van der Waals surface area contributed by atoms with Gasteiger partial charge in [-0.15, -0.1) is 0 Å².